The predicted octanol–water partition coefficient (Wildman–Crippen LogP) is 6.30. The van der Waals surface area contributed by atoms with Crippen molar-refractivity contribution in [1.82, 2.24) is 29.3 Å². The molecule has 3 aromatic rings. The molecule has 0 aliphatic carbocycles. The first-order valence-electron chi connectivity index (χ1n) is 24.3. The van der Waals surface area contributed by atoms with Crippen molar-refractivity contribution in [3.05, 3.63) is 67.1 Å². The Morgan fingerprint density at radius 2 is 1.69 bits per heavy atom. The summed E-state index contributed by atoms with van der Waals surface area (Å²) in [5, 5.41) is 11.9. The minimum absolute atomic E-state index is 0.120. The van der Waals surface area contributed by atoms with Crippen molar-refractivity contribution in [3.8, 4) is 11.3 Å². The number of aliphatic hydroxyl groups excluding tert-OH is 1. The molecule has 0 radical (unpaired) electrons. The fourth-order valence-corrected chi connectivity index (χ4v) is 10.8. The fraction of sp³-hybridized carbons (Fsp3) is 0.667. The number of pyridine rings is 2. The lowest BCUT2D eigenvalue weighted by molar-refractivity contribution is -0.302. The van der Waals surface area contributed by atoms with Crippen LogP contribution < -0.4 is 0 Å². The van der Waals surface area contributed by atoms with Gasteiger partial charge in [-0.1, -0.05) is 40.7 Å². The summed E-state index contributed by atoms with van der Waals surface area (Å²) in [4.78, 5) is 74.4. The minimum Gasteiger partial charge on any atom is -0.461 e. The summed E-state index contributed by atoms with van der Waals surface area (Å²) in [6.45, 7) is 18.0. The van der Waals surface area contributed by atoms with Crippen LogP contribution >= 0.6 is 0 Å². The molecule has 3 aromatic heterocycles. The van der Waals surface area contributed by atoms with Gasteiger partial charge in [0, 0.05) is 80.5 Å². The van der Waals surface area contributed by atoms with Gasteiger partial charge >= 0.3 is 18.0 Å². The highest BCUT2D eigenvalue weighted by Crippen LogP contribution is 2.44. The largest absolute Gasteiger partial charge is 0.461 e. The molecule has 17 heteroatoms. The zero-order valence-electron chi connectivity index (χ0n) is 41.8. The van der Waals surface area contributed by atoms with Gasteiger partial charge in [0.1, 0.15) is 24.1 Å². The summed E-state index contributed by atoms with van der Waals surface area (Å²) in [6.07, 6.45) is 6.18. The second-order valence-electron chi connectivity index (χ2n) is 19.7. The maximum Gasteiger partial charge on any atom is 0.410 e. The molecule has 6 rings (SSSR count). The highest BCUT2D eigenvalue weighted by molar-refractivity contribution is 5.85. The molecule has 17 nitrogen and oxygen atoms in total. The number of fused-ring (bicyclic) bond motifs is 1. The number of aliphatic hydroxyl groups is 1. The predicted molar refractivity (Wildman–Crippen MR) is 252 cm³/mol. The summed E-state index contributed by atoms with van der Waals surface area (Å²) < 4.78 is 40.7. The molecular formula is C51H74N6O11. The Hall–Kier alpha value is -4.81. The highest BCUT2D eigenvalue weighted by Gasteiger charge is 2.60. The molecular weight excluding hydrogens is 873 g/mol. The Morgan fingerprint density at radius 1 is 0.985 bits per heavy atom. The van der Waals surface area contributed by atoms with Crippen molar-refractivity contribution in [2.45, 2.75) is 167 Å². The van der Waals surface area contributed by atoms with Crippen molar-refractivity contribution in [3.63, 3.8) is 0 Å². The highest BCUT2D eigenvalue weighted by atomic mass is 16.7. The van der Waals surface area contributed by atoms with Crippen LogP contribution in [0.1, 0.15) is 100.0 Å². The second kappa shape index (κ2) is 22.7. The Balaban J connectivity index is 1.35. The van der Waals surface area contributed by atoms with Gasteiger partial charge in [0.25, 0.3) is 0 Å². The van der Waals surface area contributed by atoms with E-state index in [-0.39, 0.29) is 43.7 Å². The number of methoxy groups -OCH3 is 1. The molecule has 3 fully saturated rings. The lowest BCUT2D eigenvalue weighted by Crippen LogP contribution is -2.61. The number of nitrogens with zero attached hydrogens (tertiary/aromatic N) is 6. The standard InChI is InChI=1S/C51H74N6O11/c1-12-40-51(9)45(57(49(62)68-51)23-15-14-22-56-29-38(54-30-56)37-19-17-21-53-28-37)33(5)42(59)31(3)26-50(8,63-11)46(67-48-43(60)39(55(10)13-2)24-32(4)64-48)34(6)44(35(7)47(61)65-40)66-41(58)25-36-18-16-20-52-27-36/h16-21,27-35,39-40,43-46,48,60H,12-15,22-26H2,1-11H3/t31-,32-,33+,34+,35-,39+,40-,43-,44+,45-,46-,48+,50-,51-/m1/s1. The molecule has 14 atom stereocenters. The third-order valence-electron chi connectivity index (χ3n) is 14.7. The van der Waals surface area contributed by atoms with E-state index in [9.17, 15) is 19.5 Å². The summed E-state index contributed by atoms with van der Waals surface area (Å²) in [7, 11) is 3.46. The van der Waals surface area contributed by atoms with Gasteiger partial charge in [-0.25, -0.2) is 9.78 Å². The quantitative estimate of drug-likeness (QED) is 0.101. The van der Waals surface area contributed by atoms with Crippen LogP contribution in [0.3, 0.4) is 0 Å². The summed E-state index contributed by atoms with van der Waals surface area (Å²) >= 11 is 0. The number of aromatic nitrogens is 4. The van der Waals surface area contributed by atoms with Crippen LogP contribution in [0.2, 0.25) is 0 Å². The van der Waals surface area contributed by atoms with Crippen LogP contribution in [0.15, 0.2) is 61.6 Å². The van der Waals surface area contributed by atoms with Gasteiger partial charge < -0.3 is 47.9 Å². The van der Waals surface area contributed by atoms with Gasteiger partial charge in [-0.3, -0.25) is 24.4 Å². The van der Waals surface area contributed by atoms with E-state index in [1.807, 2.05) is 76.4 Å². The monoisotopic (exact) mass is 947 g/mol. The molecule has 6 heterocycles. The van der Waals surface area contributed by atoms with E-state index in [1.54, 1.807) is 68.9 Å². The van der Waals surface area contributed by atoms with Crippen molar-refractivity contribution >= 4 is 23.8 Å². The van der Waals surface area contributed by atoms with E-state index in [1.165, 1.54) is 7.11 Å². The number of carbonyl (C=O) groups excluding carboxylic acids is 4. The molecule has 3 aliphatic rings. The lowest BCUT2D eigenvalue weighted by atomic mass is 9.73. The first kappa shape index (κ1) is 52.6. The summed E-state index contributed by atoms with van der Waals surface area (Å²) in [6, 6.07) is 6.18. The van der Waals surface area contributed by atoms with E-state index < -0.39 is 89.7 Å². The first-order chi connectivity index (χ1) is 32.3. The number of amides is 1. The van der Waals surface area contributed by atoms with E-state index in [0.29, 0.717) is 37.9 Å². The smallest absolute Gasteiger partial charge is 0.410 e. The van der Waals surface area contributed by atoms with Gasteiger partial charge in [0.15, 0.2) is 11.9 Å². The number of cyclic esters (lactones) is 1. The van der Waals surface area contributed by atoms with Gasteiger partial charge in [0.2, 0.25) is 0 Å². The molecule has 3 saturated heterocycles. The van der Waals surface area contributed by atoms with Crippen molar-refractivity contribution < 1.29 is 52.7 Å². The molecule has 3 aliphatic heterocycles. The molecule has 374 valence electrons. The maximum atomic E-state index is 15.1. The number of aryl methyl sites for hydroxylation is 1. The average Bonchev–Trinajstić information content (AvgIpc) is 3.91. The van der Waals surface area contributed by atoms with E-state index in [2.05, 4.69) is 15.0 Å². The number of unbranched alkanes of at least 4 members (excludes halogenated alkanes) is 1. The van der Waals surface area contributed by atoms with Crippen molar-refractivity contribution in [2.24, 2.45) is 23.7 Å². The third kappa shape index (κ3) is 11.6. The average molecular weight is 947 g/mol. The number of likely N-dealkylation sites (N-methyl/N-ethyl adjacent to an activating group) is 1. The number of Topliss-reactive ketones (excluding diaryl/α,β-unsaturated/α-hetero) is 1. The second-order valence-corrected chi connectivity index (χ2v) is 19.7. The van der Waals surface area contributed by atoms with Crippen LogP contribution in [-0.4, -0.2) is 146 Å². The summed E-state index contributed by atoms with van der Waals surface area (Å²) in [5.41, 5.74) is -0.404. The van der Waals surface area contributed by atoms with Gasteiger partial charge in [0.05, 0.1) is 48.2 Å². The van der Waals surface area contributed by atoms with E-state index in [4.69, 9.17) is 28.4 Å². The molecule has 68 heavy (non-hydrogen) atoms. The number of rotatable bonds is 15. The number of ketones is 1. The molecule has 0 spiro atoms. The molecule has 0 bridgehead atoms. The topological polar surface area (TPSA) is 194 Å². The van der Waals surface area contributed by atoms with E-state index in [0.717, 1.165) is 11.3 Å². The SMILES string of the molecule is CC[C@H]1OC(=O)[C@H](C)[C@@H](OC(=O)Cc2cccnc2)[C@H](C)[C@@H](O[C@@H]2O[C@H](C)C[C@H](N(C)CC)[C@H]2O)[C@](C)(OC)C[C@@H](C)C(=O)[C@H](C)[C@H]2N(CCCCn3cnc(-c4cccnc4)c3)C(=O)O[C@]12C. The van der Waals surface area contributed by atoms with Crippen LogP contribution in [0.25, 0.3) is 11.3 Å². The molecule has 0 saturated carbocycles. The summed E-state index contributed by atoms with van der Waals surface area (Å²) in [5.74, 6) is -4.81. The number of hydrogen-bond donors (Lipinski definition) is 1. The lowest BCUT2D eigenvalue weighted by Gasteiger charge is -2.48. The first-order valence-corrected chi connectivity index (χ1v) is 24.3. The zero-order valence-corrected chi connectivity index (χ0v) is 41.8. The number of carbonyl (C=O) groups is 4. The Morgan fingerprint density at radius 3 is 2.34 bits per heavy atom. The van der Waals surface area contributed by atoms with Gasteiger partial charge in [-0.2, -0.15) is 0 Å². The van der Waals surface area contributed by atoms with Crippen LogP contribution in [0.4, 0.5) is 4.79 Å². The van der Waals surface area contributed by atoms with Crippen molar-refractivity contribution in [1.29, 1.82) is 0 Å². The fourth-order valence-electron chi connectivity index (χ4n) is 10.8. The number of ether oxygens (including phenoxy) is 6. The van der Waals surface area contributed by atoms with Crippen molar-refractivity contribution in [2.75, 3.05) is 27.2 Å². The van der Waals surface area contributed by atoms with Crippen LogP contribution in [0.5, 0.6) is 0 Å². The maximum absolute atomic E-state index is 15.1. The normalized spacial score (nSPS) is 34.0. The van der Waals surface area contributed by atoms with Gasteiger partial charge in [-0.15, -0.1) is 0 Å². The molecule has 0 aromatic carbocycles. The van der Waals surface area contributed by atoms with Crippen LogP contribution in [0, 0.1) is 23.7 Å². The van der Waals surface area contributed by atoms with Gasteiger partial charge in [-0.05, 0) is 97.2 Å². The molecule has 1 N–H and O–H groups in total. The van der Waals surface area contributed by atoms with Crippen LogP contribution in [-0.2, 0) is 55.8 Å². The molecule has 0 unspecified atom stereocenters. The van der Waals surface area contributed by atoms with E-state index >= 15 is 4.79 Å². The Labute approximate surface area is 401 Å². The number of imidazole rings is 1. The Bertz CT molecular complexity index is 2150. The zero-order chi connectivity index (χ0) is 49.5. The number of hydrogen-bond acceptors (Lipinski definition) is 15. The molecule has 1 amide bonds. The third-order valence-corrected chi connectivity index (χ3v) is 14.7. The minimum atomic E-state index is -1.44. The Kier molecular flexibility index (Phi) is 17.6. The number of esters is 2.